The van der Waals surface area contributed by atoms with Gasteiger partial charge in [0.15, 0.2) is 5.82 Å². The number of aliphatic hydroxyl groups is 1. The molecule has 3 rings (SSSR count). The van der Waals surface area contributed by atoms with Crippen molar-refractivity contribution in [1.82, 2.24) is 15.0 Å². The molecule has 1 aromatic heterocycles. The Hall–Kier alpha value is -1.86. The molecule has 0 spiro atoms. The molecule has 2 atom stereocenters. The van der Waals surface area contributed by atoms with E-state index in [9.17, 15) is 13.9 Å². The minimum atomic E-state index is -1.24. The quantitative estimate of drug-likeness (QED) is 0.940. The molecule has 1 fully saturated rings. The van der Waals surface area contributed by atoms with Crippen LogP contribution < -0.4 is 0 Å². The largest absolute Gasteiger partial charge is 0.387 e. The molecule has 2 heterocycles. The van der Waals surface area contributed by atoms with E-state index in [2.05, 4.69) is 10.1 Å². The number of hydrogen-bond acceptors (Lipinski definition) is 5. The number of aliphatic hydroxyl groups excluding tert-OH is 1. The fourth-order valence-electron chi connectivity index (χ4n) is 2.93. The van der Waals surface area contributed by atoms with Gasteiger partial charge in [-0.15, -0.1) is 0 Å². The highest BCUT2D eigenvalue weighted by molar-refractivity contribution is 5.22. The van der Waals surface area contributed by atoms with Gasteiger partial charge in [-0.25, -0.2) is 8.78 Å². The van der Waals surface area contributed by atoms with E-state index in [1.54, 1.807) is 6.92 Å². The lowest BCUT2D eigenvalue weighted by molar-refractivity contribution is 0.0976. The molecule has 0 radical (unpaired) electrons. The predicted octanol–water partition coefficient (Wildman–Crippen LogP) is 2.53. The Morgan fingerprint density at radius 2 is 2.14 bits per heavy atom. The van der Waals surface area contributed by atoms with Crippen molar-refractivity contribution in [1.29, 1.82) is 0 Å². The third kappa shape index (κ3) is 2.86. The van der Waals surface area contributed by atoms with Crippen LogP contribution in [-0.2, 0) is 0 Å². The number of likely N-dealkylation sites (tertiary alicyclic amines) is 1. The third-order valence-electron chi connectivity index (χ3n) is 3.95. The summed E-state index contributed by atoms with van der Waals surface area (Å²) in [5.74, 6) is -0.448. The maximum Gasteiger partial charge on any atom is 0.223 e. The van der Waals surface area contributed by atoms with Gasteiger partial charge in [-0.05, 0) is 31.5 Å². The average molecular weight is 309 g/mol. The fraction of sp³-hybridized carbons (Fsp3) is 0.467. The second-order valence-electron chi connectivity index (χ2n) is 5.48. The first-order chi connectivity index (χ1) is 10.6. The number of rotatable bonds is 4. The highest BCUT2D eigenvalue weighted by Gasteiger charge is 2.32. The van der Waals surface area contributed by atoms with Gasteiger partial charge in [-0.1, -0.05) is 11.2 Å². The zero-order chi connectivity index (χ0) is 15.7. The standard InChI is InChI=1S/C15H17F2N3O2/c1-9-18-15(19-22-9)12-6-3-7-20(12)8-13(21)14-10(16)4-2-5-11(14)17/h2,4-5,12-13,21H,3,6-8H2,1H3. The molecular formula is C15H17F2N3O2. The SMILES string of the molecule is Cc1nc(C2CCCN2CC(O)c2c(F)cccc2F)no1. The van der Waals surface area contributed by atoms with Crippen molar-refractivity contribution in [2.24, 2.45) is 0 Å². The fourth-order valence-corrected chi connectivity index (χ4v) is 2.93. The van der Waals surface area contributed by atoms with Gasteiger partial charge in [-0.3, -0.25) is 4.90 Å². The van der Waals surface area contributed by atoms with Gasteiger partial charge in [0, 0.05) is 13.5 Å². The van der Waals surface area contributed by atoms with Crippen LogP contribution in [0.2, 0.25) is 0 Å². The van der Waals surface area contributed by atoms with Gasteiger partial charge >= 0.3 is 0 Å². The summed E-state index contributed by atoms with van der Waals surface area (Å²) in [4.78, 5) is 6.14. The molecule has 0 amide bonds. The molecule has 0 aliphatic carbocycles. The van der Waals surface area contributed by atoms with Crippen LogP contribution >= 0.6 is 0 Å². The summed E-state index contributed by atoms with van der Waals surface area (Å²) in [6.45, 7) is 2.54. The minimum absolute atomic E-state index is 0.0954. The second kappa shape index (κ2) is 6.10. The second-order valence-corrected chi connectivity index (χ2v) is 5.48. The van der Waals surface area contributed by atoms with Crippen LogP contribution in [0.3, 0.4) is 0 Å². The molecule has 1 aliphatic heterocycles. The summed E-state index contributed by atoms with van der Waals surface area (Å²) >= 11 is 0. The molecule has 1 aromatic carbocycles. The van der Waals surface area contributed by atoms with Gasteiger partial charge in [-0.2, -0.15) is 4.98 Å². The summed E-state index contributed by atoms with van der Waals surface area (Å²) in [5, 5.41) is 14.1. The highest BCUT2D eigenvalue weighted by Crippen LogP contribution is 2.32. The number of β-amino-alcohol motifs (C(OH)–C–C–N with tert-alkyl or cyclic N) is 1. The lowest BCUT2D eigenvalue weighted by atomic mass is 10.1. The van der Waals surface area contributed by atoms with Gasteiger partial charge in [0.2, 0.25) is 5.89 Å². The maximum atomic E-state index is 13.7. The first-order valence-electron chi connectivity index (χ1n) is 7.22. The van der Waals surface area contributed by atoms with E-state index in [1.807, 2.05) is 4.90 Å². The minimum Gasteiger partial charge on any atom is -0.387 e. The Labute approximate surface area is 126 Å². The summed E-state index contributed by atoms with van der Waals surface area (Å²) in [7, 11) is 0. The maximum absolute atomic E-state index is 13.7. The van der Waals surface area contributed by atoms with Crippen molar-refractivity contribution in [3.05, 3.63) is 47.1 Å². The van der Waals surface area contributed by atoms with Crippen molar-refractivity contribution in [3.63, 3.8) is 0 Å². The zero-order valence-corrected chi connectivity index (χ0v) is 12.2. The van der Waals surface area contributed by atoms with E-state index in [-0.39, 0.29) is 18.2 Å². The Kier molecular flexibility index (Phi) is 4.17. The monoisotopic (exact) mass is 309 g/mol. The molecule has 1 aliphatic rings. The molecule has 22 heavy (non-hydrogen) atoms. The Balaban J connectivity index is 1.77. The lowest BCUT2D eigenvalue weighted by Gasteiger charge is -2.25. The Bertz CT molecular complexity index is 642. The molecule has 1 saturated heterocycles. The van der Waals surface area contributed by atoms with Gasteiger partial charge in [0.25, 0.3) is 0 Å². The van der Waals surface area contributed by atoms with Crippen molar-refractivity contribution in [2.45, 2.75) is 31.9 Å². The molecular weight excluding hydrogens is 292 g/mol. The molecule has 5 nitrogen and oxygen atoms in total. The number of aromatic nitrogens is 2. The van der Waals surface area contributed by atoms with Crippen molar-refractivity contribution >= 4 is 0 Å². The van der Waals surface area contributed by atoms with E-state index in [0.717, 1.165) is 25.0 Å². The Morgan fingerprint density at radius 1 is 1.41 bits per heavy atom. The van der Waals surface area contributed by atoms with E-state index >= 15 is 0 Å². The molecule has 1 N–H and O–H groups in total. The van der Waals surface area contributed by atoms with E-state index in [1.165, 1.54) is 6.07 Å². The number of hydrogen-bond donors (Lipinski definition) is 1. The topological polar surface area (TPSA) is 62.4 Å². The predicted molar refractivity (Wildman–Crippen MR) is 73.9 cm³/mol. The van der Waals surface area contributed by atoms with Crippen LogP contribution in [0.5, 0.6) is 0 Å². The summed E-state index contributed by atoms with van der Waals surface area (Å²) in [6, 6.07) is 3.47. The number of aryl methyl sites for hydroxylation is 1. The summed E-state index contributed by atoms with van der Waals surface area (Å²) in [6.07, 6.45) is 0.491. The van der Waals surface area contributed by atoms with E-state index < -0.39 is 17.7 Å². The number of benzene rings is 1. The van der Waals surface area contributed by atoms with E-state index in [0.29, 0.717) is 18.3 Å². The first kappa shape index (κ1) is 15.1. The van der Waals surface area contributed by atoms with Crippen LogP contribution in [0.1, 0.15) is 42.3 Å². The van der Waals surface area contributed by atoms with Crippen LogP contribution in [0.15, 0.2) is 22.7 Å². The molecule has 2 aromatic rings. The van der Waals surface area contributed by atoms with Crippen LogP contribution in [0.4, 0.5) is 8.78 Å². The normalized spacial score (nSPS) is 20.5. The highest BCUT2D eigenvalue weighted by atomic mass is 19.1. The molecule has 2 unspecified atom stereocenters. The van der Waals surface area contributed by atoms with Crippen molar-refractivity contribution < 1.29 is 18.4 Å². The number of halogens is 2. The number of nitrogens with zero attached hydrogens (tertiary/aromatic N) is 3. The van der Waals surface area contributed by atoms with E-state index in [4.69, 9.17) is 4.52 Å². The third-order valence-corrected chi connectivity index (χ3v) is 3.95. The van der Waals surface area contributed by atoms with Crippen LogP contribution in [0, 0.1) is 18.6 Å². The zero-order valence-electron chi connectivity index (χ0n) is 12.2. The molecule has 0 saturated carbocycles. The van der Waals surface area contributed by atoms with Gasteiger partial charge in [0.1, 0.15) is 11.6 Å². The van der Waals surface area contributed by atoms with Crippen LogP contribution in [-0.4, -0.2) is 33.2 Å². The average Bonchev–Trinajstić information content (AvgIpc) is 3.07. The van der Waals surface area contributed by atoms with Gasteiger partial charge in [0.05, 0.1) is 17.7 Å². The first-order valence-corrected chi connectivity index (χ1v) is 7.22. The summed E-state index contributed by atoms with van der Waals surface area (Å²) < 4.78 is 32.5. The lowest BCUT2D eigenvalue weighted by Crippen LogP contribution is -2.29. The van der Waals surface area contributed by atoms with Crippen molar-refractivity contribution in [3.8, 4) is 0 Å². The Morgan fingerprint density at radius 3 is 2.77 bits per heavy atom. The smallest absolute Gasteiger partial charge is 0.223 e. The molecule has 7 heteroatoms. The summed E-state index contributed by atoms with van der Waals surface area (Å²) in [5.41, 5.74) is -0.294. The van der Waals surface area contributed by atoms with Gasteiger partial charge < -0.3 is 9.63 Å². The van der Waals surface area contributed by atoms with Crippen LogP contribution in [0.25, 0.3) is 0 Å². The molecule has 118 valence electrons. The molecule has 0 bridgehead atoms. The van der Waals surface area contributed by atoms with Crippen molar-refractivity contribution in [2.75, 3.05) is 13.1 Å².